The van der Waals surface area contributed by atoms with Gasteiger partial charge in [-0.15, -0.1) is 0 Å². The molecule has 0 bridgehead atoms. The van der Waals surface area contributed by atoms with E-state index in [1.807, 2.05) is 18.2 Å². The van der Waals surface area contributed by atoms with Gasteiger partial charge in [0.25, 0.3) is 0 Å². The van der Waals surface area contributed by atoms with Crippen LogP contribution in [0.15, 0.2) is 23.8 Å². The maximum absolute atomic E-state index is 8.39. The number of allylic oxidation sites excluding steroid dienone is 2. The molecule has 62 valence electrons. The highest BCUT2D eigenvalue weighted by Crippen LogP contribution is 2.20. The Morgan fingerprint density at radius 3 is 2.91 bits per heavy atom. The van der Waals surface area contributed by atoms with Crippen molar-refractivity contribution >= 4 is 0 Å². The maximum Gasteiger partial charge on any atom is 0.129 e. The van der Waals surface area contributed by atoms with Crippen molar-refractivity contribution in [2.75, 3.05) is 0 Å². The van der Waals surface area contributed by atoms with E-state index in [1.54, 1.807) is 0 Å². The van der Waals surface area contributed by atoms with E-state index in [4.69, 9.17) is 5.26 Å². The lowest BCUT2D eigenvalue weighted by Gasteiger charge is -2.15. The van der Waals surface area contributed by atoms with Gasteiger partial charge in [0, 0.05) is 0 Å². The summed E-state index contributed by atoms with van der Waals surface area (Å²) in [4.78, 5) is 4.21. The molecule has 1 aliphatic carbocycles. The molecule has 0 radical (unpaired) electrons. The first-order valence-electron chi connectivity index (χ1n) is 3.91. The van der Waals surface area contributed by atoms with E-state index in [0.717, 1.165) is 6.42 Å². The van der Waals surface area contributed by atoms with Crippen LogP contribution in [0.3, 0.4) is 0 Å². The van der Waals surface area contributed by atoms with Crippen LogP contribution < -0.4 is 0 Å². The van der Waals surface area contributed by atoms with Gasteiger partial charge in [-0.25, -0.2) is 4.89 Å². The number of rotatable bonds is 2. The zero-order valence-electron chi connectivity index (χ0n) is 6.95. The van der Waals surface area contributed by atoms with Gasteiger partial charge in [0.2, 0.25) is 0 Å². The van der Waals surface area contributed by atoms with Gasteiger partial charge in [-0.2, -0.15) is 0 Å². The zero-order valence-corrected chi connectivity index (χ0v) is 6.95. The minimum absolute atomic E-state index is 0.235. The van der Waals surface area contributed by atoms with Crippen LogP contribution in [0, 0.1) is 5.92 Å². The minimum Gasteiger partial charge on any atom is -0.251 e. The SMILES string of the molecule is CC(C)C1=CC(OO)C=CC1. The average Bonchev–Trinajstić information content (AvgIpc) is 2.05. The first kappa shape index (κ1) is 8.50. The molecule has 0 saturated heterocycles. The first-order valence-corrected chi connectivity index (χ1v) is 3.91. The summed E-state index contributed by atoms with van der Waals surface area (Å²) < 4.78 is 0. The highest BCUT2D eigenvalue weighted by Gasteiger charge is 2.10. The molecule has 2 heteroatoms. The summed E-state index contributed by atoms with van der Waals surface area (Å²) in [5.41, 5.74) is 1.33. The third-order valence-corrected chi connectivity index (χ3v) is 1.92. The molecule has 1 atom stereocenters. The summed E-state index contributed by atoms with van der Waals surface area (Å²) in [6, 6.07) is 0. The van der Waals surface area contributed by atoms with E-state index in [1.165, 1.54) is 5.57 Å². The monoisotopic (exact) mass is 154 g/mol. The fraction of sp³-hybridized carbons (Fsp3) is 0.556. The first-order chi connectivity index (χ1) is 5.24. The van der Waals surface area contributed by atoms with Crippen molar-refractivity contribution in [3.8, 4) is 0 Å². The second-order valence-corrected chi connectivity index (χ2v) is 3.10. The van der Waals surface area contributed by atoms with Crippen LogP contribution in [0.5, 0.6) is 0 Å². The summed E-state index contributed by atoms with van der Waals surface area (Å²) in [5, 5.41) is 8.39. The van der Waals surface area contributed by atoms with E-state index < -0.39 is 0 Å². The van der Waals surface area contributed by atoms with Gasteiger partial charge >= 0.3 is 0 Å². The molecule has 2 nitrogen and oxygen atoms in total. The molecule has 0 aromatic carbocycles. The molecule has 0 aromatic rings. The lowest BCUT2D eigenvalue weighted by atomic mass is 9.95. The Morgan fingerprint density at radius 1 is 1.64 bits per heavy atom. The van der Waals surface area contributed by atoms with Crippen molar-refractivity contribution in [3.05, 3.63) is 23.8 Å². The van der Waals surface area contributed by atoms with Crippen LogP contribution in [-0.4, -0.2) is 11.4 Å². The van der Waals surface area contributed by atoms with Crippen molar-refractivity contribution in [1.29, 1.82) is 0 Å². The fourth-order valence-corrected chi connectivity index (χ4v) is 1.17. The highest BCUT2D eigenvalue weighted by atomic mass is 17.1. The van der Waals surface area contributed by atoms with Crippen LogP contribution in [0.4, 0.5) is 0 Å². The van der Waals surface area contributed by atoms with Crippen molar-refractivity contribution in [2.24, 2.45) is 5.92 Å². The predicted molar refractivity (Wildman–Crippen MR) is 44.2 cm³/mol. The van der Waals surface area contributed by atoms with Crippen LogP contribution in [-0.2, 0) is 4.89 Å². The Hall–Kier alpha value is -0.600. The summed E-state index contributed by atoms with van der Waals surface area (Å²) in [5.74, 6) is 0.539. The Morgan fingerprint density at radius 2 is 2.36 bits per heavy atom. The molecule has 0 aromatic heterocycles. The molecule has 1 unspecified atom stereocenters. The Kier molecular flexibility index (Phi) is 2.85. The van der Waals surface area contributed by atoms with E-state index in [9.17, 15) is 0 Å². The van der Waals surface area contributed by atoms with Crippen molar-refractivity contribution in [2.45, 2.75) is 26.4 Å². The van der Waals surface area contributed by atoms with Crippen molar-refractivity contribution < 1.29 is 10.1 Å². The molecular formula is C9H14O2. The van der Waals surface area contributed by atoms with Gasteiger partial charge < -0.3 is 0 Å². The molecule has 0 saturated carbocycles. The normalized spacial score (nSPS) is 24.0. The van der Waals surface area contributed by atoms with E-state index in [2.05, 4.69) is 18.7 Å². The van der Waals surface area contributed by atoms with Crippen LogP contribution in [0.1, 0.15) is 20.3 Å². The zero-order chi connectivity index (χ0) is 8.27. The number of hydrogen-bond donors (Lipinski definition) is 1. The summed E-state index contributed by atoms with van der Waals surface area (Å²) in [6.07, 6.45) is 6.59. The highest BCUT2D eigenvalue weighted by molar-refractivity contribution is 5.20. The molecule has 0 aliphatic heterocycles. The Labute approximate surface area is 67.1 Å². The molecule has 0 heterocycles. The van der Waals surface area contributed by atoms with Gasteiger partial charge in [-0.05, 0) is 18.4 Å². The summed E-state index contributed by atoms with van der Waals surface area (Å²) in [7, 11) is 0. The molecule has 1 N–H and O–H groups in total. The van der Waals surface area contributed by atoms with Crippen LogP contribution >= 0.6 is 0 Å². The topological polar surface area (TPSA) is 29.5 Å². The Bertz CT molecular complexity index is 180. The quantitative estimate of drug-likeness (QED) is 0.376. The van der Waals surface area contributed by atoms with E-state index in [-0.39, 0.29) is 6.10 Å². The fourth-order valence-electron chi connectivity index (χ4n) is 1.17. The molecular weight excluding hydrogens is 140 g/mol. The maximum atomic E-state index is 8.39. The van der Waals surface area contributed by atoms with Crippen molar-refractivity contribution in [3.63, 3.8) is 0 Å². The predicted octanol–water partition coefficient (Wildman–Crippen LogP) is 2.39. The van der Waals surface area contributed by atoms with Gasteiger partial charge in [-0.3, -0.25) is 5.26 Å². The lowest BCUT2D eigenvalue weighted by Crippen LogP contribution is -2.09. The largest absolute Gasteiger partial charge is 0.251 e. The standard InChI is InChI=1S/C9H14O2/c1-7(2)8-4-3-5-9(6-8)11-10/h3,5-7,9-10H,4H2,1-2H3. The van der Waals surface area contributed by atoms with E-state index >= 15 is 0 Å². The van der Waals surface area contributed by atoms with Crippen LogP contribution in [0.25, 0.3) is 0 Å². The third-order valence-electron chi connectivity index (χ3n) is 1.92. The van der Waals surface area contributed by atoms with Gasteiger partial charge in [-0.1, -0.05) is 31.6 Å². The second-order valence-electron chi connectivity index (χ2n) is 3.10. The third kappa shape index (κ3) is 2.17. The minimum atomic E-state index is -0.235. The summed E-state index contributed by atoms with van der Waals surface area (Å²) in [6.45, 7) is 4.28. The molecule has 0 amide bonds. The average molecular weight is 154 g/mol. The molecule has 1 aliphatic rings. The molecule has 0 fully saturated rings. The van der Waals surface area contributed by atoms with E-state index in [0.29, 0.717) is 5.92 Å². The summed E-state index contributed by atoms with van der Waals surface area (Å²) >= 11 is 0. The van der Waals surface area contributed by atoms with Gasteiger partial charge in [0.05, 0.1) is 0 Å². The lowest BCUT2D eigenvalue weighted by molar-refractivity contribution is -0.254. The molecule has 11 heavy (non-hydrogen) atoms. The van der Waals surface area contributed by atoms with Gasteiger partial charge in [0.1, 0.15) is 6.10 Å². The van der Waals surface area contributed by atoms with Crippen LogP contribution in [0.2, 0.25) is 0 Å². The Balaban J connectivity index is 2.61. The smallest absolute Gasteiger partial charge is 0.129 e. The van der Waals surface area contributed by atoms with Gasteiger partial charge in [0.15, 0.2) is 0 Å². The molecule has 0 spiro atoms. The second kappa shape index (κ2) is 3.69. The van der Waals surface area contributed by atoms with Crippen molar-refractivity contribution in [1.82, 2.24) is 0 Å². The molecule has 1 rings (SSSR count). The number of hydrogen-bond acceptors (Lipinski definition) is 2.